The zero-order valence-corrected chi connectivity index (χ0v) is 77.3. The van der Waals surface area contributed by atoms with E-state index in [4.69, 9.17) is 0 Å². The van der Waals surface area contributed by atoms with Crippen LogP contribution in [0.1, 0.15) is 412 Å². The summed E-state index contributed by atoms with van der Waals surface area (Å²) in [6, 6.07) is 0. The fourth-order valence-electron chi connectivity index (χ4n) is 12.8. The van der Waals surface area contributed by atoms with Crippen molar-refractivity contribution in [2.45, 2.75) is 456 Å². The number of hydrogen-bond donors (Lipinski definition) is 0. The molecule has 642 valence electrons. The fraction of sp³-hybridized carbons (Fsp3) is 0.871. The molecular weight excluding hydrogens is 1370 g/mol. The van der Waals surface area contributed by atoms with Crippen LogP contribution in [-0.2, 0) is 77.8 Å². The molecule has 0 aromatic carbocycles. The van der Waals surface area contributed by atoms with Gasteiger partial charge in [-0.05, 0) is 187 Å². The second-order valence-electron chi connectivity index (χ2n) is 37.9. The van der Waals surface area contributed by atoms with E-state index in [9.17, 15) is 0 Å². The van der Waals surface area contributed by atoms with Crippen molar-refractivity contribution in [2.75, 3.05) is 0 Å². The minimum Gasteiger partial charge on any atom is -0.252 e. The second-order valence-corrected chi connectivity index (χ2v) is 37.9. The van der Waals surface area contributed by atoms with Gasteiger partial charge in [-0.3, -0.25) is 14.0 Å². The monoisotopic (exact) mass is 1550 g/mol. The fourth-order valence-corrected chi connectivity index (χ4v) is 12.8. The number of hydrogen-bond acceptors (Lipinski definition) is 12. The van der Waals surface area contributed by atoms with E-state index >= 15 is 0 Å². The summed E-state index contributed by atoms with van der Waals surface area (Å²) in [6.45, 7) is 60.7. The largest absolute Gasteiger partial charge is 0.252 e. The molecule has 0 amide bonds. The standard InChI is InChI=1S/C17H33N3.3C16H31N3.2C14H27N3/c1-15(2)10-8-6-5-7-9-13-20-17(14-18-19-20)12-11-16(3)4;1-14(2)9-7-5-6-8-10-16-13-19(18-17-16)12-11-15(3)4;2*1-14(2)9-7-5-6-8-10-16-13-17-18-19(16)12-11-15(3)4;1-12(2)7-5-6-10-17-11-14(15-16-17)9-8-13(3)4;1-12(2)7-5-6-8-14-11-17(16-15-14)10-9-13(3)4/h14-16H,5-13H2,1-4H3;3*13-15H,5-12H2,1-4H3;2*11-13H,5-10H2,1-4H3. The maximum atomic E-state index is 4.25. The lowest BCUT2D eigenvalue weighted by molar-refractivity contribution is 0.462. The Morgan fingerprint density at radius 3 is 0.784 bits per heavy atom. The van der Waals surface area contributed by atoms with Crippen molar-refractivity contribution < 1.29 is 0 Å². The van der Waals surface area contributed by atoms with E-state index in [-0.39, 0.29) is 0 Å². The van der Waals surface area contributed by atoms with Crippen molar-refractivity contribution in [3.05, 3.63) is 71.3 Å². The zero-order chi connectivity index (χ0) is 82.4. The molecular formula is C93H180N18. The van der Waals surface area contributed by atoms with Gasteiger partial charge in [-0.25, -0.2) is 14.0 Å². The summed E-state index contributed by atoms with van der Waals surface area (Å²) in [5.74, 6) is 9.44. The topological polar surface area (TPSA) is 184 Å². The van der Waals surface area contributed by atoms with Crippen LogP contribution < -0.4 is 0 Å². The summed E-state index contributed by atoms with van der Waals surface area (Å²) in [5, 5.41) is 50.0. The van der Waals surface area contributed by atoms with Gasteiger partial charge in [-0.1, -0.05) is 332 Å². The van der Waals surface area contributed by atoms with E-state index in [1.54, 1.807) is 0 Å². The molecule has 111 heavy (non-hydrogen) atoms. The first-order valence-corrected chi connectivity index (χ1v) is 46.3. The van der Waals surface area contributed by atoms with Crippen LogP contribution in [0.5, 0.6) is 0 Å². The highest BCUT2D eigenvalue weighted by atomic mass is 15.4. The Kier molecular flexibility index (Phi) is 62.7. The van der Waals surface area contributed by atoms with Crippen molar-refractivity contribution in [1.82, 2.24) is 90.0 Å². The SMILES string of the molecule is CC(C)CCCCCCCn1nncc1CCC(C)C.CC(C)CCCCCCc1cn(CCC(C)C)nn1.CC(C)CCCCCCc1cnnn1CCC(C)C.CC(C)CCCCCCc1cnnn1CCC(C)C.CC(C)CCCCc1cn(CCC(C)C)nn1.CC(C)CCCCn1cc(CCC(C)C)nn1. The highest BCUT2D eigenvalue weighted by Gasteiger charge is 2.11. The van der Waals surface area contributed by atoms with Gasteiger partial charge in [-0.15, -0.1) is 30.6 Å². The molecule has 18 nitrogen and oxygen atoms in total. The number of aromatic nitrogens is 18. The molecule has 6 aromatic heterocycles. The smallest absolute Gasteiger partial charge is 0.0827 e. The molecule has 0 spiro atoms. The summed E-state index contributed by atoms with van der Waals surface area (Å²) >= 11 is 0. The predicted octanol–water partition coefficient (Wildman–Crippen LogP) is 25.7. The Balaban J connectivity index is 0.000000667. The molecule has 0 aliphatic carbocycles. The molecule has 0 unspecified atom stereocenters. The third-order valence-corrected chi connectivity index (χ3v) is 20.4. The lowest BCUT2D eigenvalue weighted by Crippen LogP contribution is -2.07. The minimum absolute atomic E-state index is 0.730. The molecule has 0 aliphatic rings. The summed E-state index contributed by atoms with van der Waals surface area (Å²) in [7, 11) is 0. The average Bonchev–Trinajstić information content (AvgIpc) is 1.82. The Morgan fingerprint density at radius 2 is 0.432 bits per heavy atom. The summed E-state index contributed by atoms with van der Waals surface area (Å²) in [5.41, 5.74) is 7.38. The Hall–Kier alpha value is -5.16. The first kappa shape index (κ1) is 104. The van der Waals surface area contributed by atoms with Gasteiger partial charge in [0.25, 0.3) is 0 Å². The normalized spacial score (nSPS) is 11.7. The predicted molar refractivity (Wildman–Crippen MR) is 473 cm³/mol. The minimum atomic E-state index is 0.730. The van der Waals surface area contributed by atoms with Gasteiger partial charge in [0.2, 0.25) is 0 Å². The summed E-state index contributed by atoms with van der Waals surface area (Å²) in [4.78, 5) is 0. The molecule has 0 fully saturated rings. The van der Waals surface area contributed by atoms with Crippen molar-refractivity contribution in [2.24, 2.45) is 71.0 Å². The third kappa shape index (κ3) is 62.8. The van der Waals surface area contributed by atoms with Crippen molar-refractivity contribution in [3.8, 4) is 0 Å². The number of unbranched alkanes of at least 4 members (excludes halogenated alkanes) is 15. The lowest BCUT2D eigenvalue weighted by atomic mass is 10.0. The molecule has 0 radical (unpaired) electrons. The van der Waals surface area contributed by atoms with Crippen molar-refractivity contribution >= 4 is 0 Å². The van der Waals surface area contributed by atoms with Crippen LogP contribution in [0.3, 0.4) is 0 Å². The zero-order valence-electron chi connectivity index (χ0n) is 77.3. The van der Waals surface area contributed by atoms with Crippen LogP contribution in [-0.4, -0.2) is 90.0 Å². The molecule has 0 atom stereocenters. The molecule has 0 saturated heterocycles. The highest BCUT2D eigenvalue weighted by molar-refractivity contribution is 4.97. The first-order valence-electron chi connectivity index (χ1n) is 46.3. The van der Waals surface area contributed by atoms with Crippen LogP contribution in [0.2, 0.25) is 0 Å². The van der Waals surface area contributed by atoms with Crippen LogP contribution in [0, 0.1) is 71.0 Å². The molecule has 0 bridgehead atoms. The van der Waals surface area contributed by atoms with E-state index in [2.05, 4.69) is 261 Å². The number of rotatable bonds is 57. The summed E-state index contributed by atoms with van der Waals surface area (Å²) < 4.78 is 12.3. The van der Waals surface area contributed by atoms with Crippen LogP contribution in [0.25, 0.3) is 0 Å². The summed E-state index contributed by atoms with van der Waals surface area (Å²) in [6.07, 6.45) is 61.8. The Bertz CT molecular complexity index is 2810. The van der Waals surface area contributed by atoms with Crippen molar-refractivity contribution in [3.63, 3.8) is 0 Å². The molecule has 18 heteroatoms. The highest BCUT2D eigenvalue weighted by Crippen LogP contribution is 2.19. The molecule has 6 aromatic rings. The van der Waals surface area contributed by atoms with E-state index < -0.39 is 0 Å². The third-order valence-electron chi connectivity index (χ3n) is 20.4. The quantitative estimate of drug-likeness (QED) is 0.0330. The first-order chi connectivity index (χ1) is 53.0. The second kappa shape index (κ2) is 67.1. The molecule has 0 saturated carbocycles. The Morgan fingerprint density at radius 1 is 0.198 bits per heavy atom. The van der Waals surface area contributed by atoms with Gasteiger partial charge < -0.3 is 0 Å². The van der Waals surface area contributed by atoms with Gasteiger partial charge in [0, 0.05) is 57.9 Å². The van der Waals surface area contributed by atoms with E-state index in [1.807, 2.05) is 32.6 Å². The van der Waals surface area contributed by atoms with Crippen LogP contribution in [0.15, 0.2) is 37.2 Å². The van der Waals surface area contributed by atoms with Crippen LogP contribution >= 0.6 is 0 Å². The van der Waals surface area contributed by atoms with Crippen LogP contribution in [0.4, 0.5) is 0 Å². The molecule has 6 rings (SSSR count). The van der Waals surface area contributed by atoms with Crippen molar-refractivity contribution in [1.29, 1.82) is 0 Å². The molecule has 6 heterocycles. The van der Waals surface area contributed by atoms with E-state index in [0.717, 1.165) is 166 Å². The average molecular weight is 1550 g/mol. The van der Waals surface area contributed by atoms with Gasteiger partial charge >= 0.3 is 0 Å². The van der Waals surface area contributed by atoms with Gasteiger partial charge in [0.1, 0.15) is 0 Å². The van der Waals surface area contributed by atoms with E-state index in [1.165, 1.54) is 229 Å². The van der Waals surface area contributed by atoms with Gasteiger partial charge in [0.15, 0.2) is 0 Å². The maximum Gasteiger partial charge on any atom is 0.0827 e. The number of nitrogens with zero attached hydrogens (tertiary/aromatic N) is 18. The van der Waals surface area contributed by atoms with Gasteiger partial charge in [0.05, 0.1) is 52.8 Å². The Labute approximate surface area is 684 Å². The molecule has 0 N–H and O–H groups in total. The maximum absolute atomic E-state index is 4.25. The number of aryl methyl sites for hydroxylation is 12. The van der Waals surface area contributed by atoms with E-state index in [0.29, 0.717) is 0 Å². The molecule has 0 aliphatic heterocycles. The lowest BCUT2D eigenvalue weighted by Gasteiger charge is -2.08. The van der Waals surface area contributed by atoms with Gasteiger partial charge in [-0.2, -0.15) is 0 Å².